The second-order valence-electron chi connectivity index (χ2n) is 2.55. The predicted octanol–water partition coefficient (Wildman–Crippen LogP) is 0.446. The molecular formula is C7H11NO2. The highest BCUT2D eigenvalue weighted by Gasteiger charge is 2.22. The molecule has 0 unspecified atom stereocenters. The molecule has 0 saturated heterocycles. The van der Waals surface area contributed by atoms with Crippen molar-refractivity contribution in [2.45, 2.75) is 12.5 Å². The minimum atomic E-state index is -0.747. The number of aliphatic hydroxyl groups is 1. The van der Waals surface area contributed by atoms with E-state index in [4.69, 9.17) is 15.3 Å². The van der Waals surface area contributed by atoms with Crippen molar-refractivity contribution in [3.63, 3.8) is 0 Å². The van der Waals surface area contributed by atoms with Gasteiger partial charge in [-0.2, -0.15) is 0 Å². The van der Waals surface area contributed by atoms with Crippen molar-refractivity contribution >= 4 is 0 Å². The van der Waals surface area contributed by atoms with Gasteiger partial charge in [0.2, 0.25) is 0 Å². The molecule has 0 aliphatic heterocycles. The highest BCUT2D eigenvalue weighted by molar-refractivity contribution is 5.09. The molecule has 0 fully saturated rings. The largest absolute Gasteiger partial charge is 0.467 e. The molecule has 0 spiro atoms. The second-order valence-corrected chi connectivity index (χ2v) is 2.55. The van der Waals surface area contributed by atoms with E-state index in [2.05, 4.69) is 0 Å². The maximum absolute atomic E-state index is 8.78. The lowest BCUT2D eigenvalue weighted by atomic mass is 10.0. The van der Waals surface area contributed by atoms with Gasteiger partial charge in [0.15, 0.2) is 0 Å². The van der Waals surface area contributed by atoms with E-state index in [9.17, 15) is 0 Å². The van der Waals surface area contributed by atoms with Crippen molar-refractivity contribution in [2.24, 2.45) is 5.73 Å². The van der Waals surface area contributed by atoms with Crippen molar-refractivity contribution in [1.82, 2.24) is 0 Å². The first-order chi connectivity index (χ1) is 4.67. The number of furan rings is 1. The quantitative estimate of drug-likeness (QED) is 0.628. The van der Waals surface area contributed by atoms with Crippen LogP contribution in [0.4, 0.5) is 0 Å². The fraction of sp³-hybridized carbons (Fsp3) is 0.429. The summed E-state index contributed by atoms with van der Waals surface area (Å²) in [7, 11) is 0. The molecule has 3 nitrogen and oxygen atoms in total. The normalized spacial score (nSPS) is 16.7. The summed E-state index contributed by atoms with van der Waals surface area (Å²) in [5.41, 5.74) is 4.89. The van der Waals surface area contributed by atoms with Crippen LogP contribution in [0, 0.1) is 0 Å². The molecule has 1 aromatic heterocycles. The van der Waals surface area contributed by atoms with E-state index in [0.29, 0.717) is 5.76 Å². The first kappa shape index (κ1) is 7.31. The first-order valence-electron chi connectivity index (χ1n) is 3.10. The van der Waals surface area contributed by atoms with Crippen molar-refractivity contribution in [1.29, 1.82) is 0 Å². The third-order valence-electron chi connectivity index (χ3n) is 1.41. The summed E-state index contributed by atoms with van der Waals surface area (Å²) in [4.78, 5) is 0. The fourth-order valence-electron chi connectivity index (χ4n) is 0.681. The number of hydrogen-bond donors (Lipinski definition) is 2. The van der Waals surface area contributed by atoms with Crippen LogP contribution in [-0.2, 0) is 5.54 Å². The first-order valence-corrected chi connectivity index (χ1v) is 3.10. The molecule has 0 bridgehead atoms. The van der Waals surface area contributed by atoms with E-state index in [-0.39, 0.29) is 6.61 Å². The van der Waals surface area contributed by atoms with Gasteiger partial charge in [0.1, 0.15) is 5.76 Å². The van der Waals surface area contributed by atoms with Crippen LogP contribution >= 0.6 is 0 Å². The van der Waals surface area contributed by atoms with Crippen LogP contribution in [0.15, 0.2) is 22.8 Å². The zero-order valence-corrected chi connectivity index (χ0v) is 5.87. The smallest absolute Gasteiger partial charge is 0.125 e. The Morgan fingerprint density at radius 3 is 2.90 bits per heavy atom. The molecule has 0 amide bonds. The van der Waals surface area contributed by atoms with Crippen LogP contribution in [-0.4, -0.2) is 11.7 Å². The number of aliphatic hydroxyl groups excluding tert-OH is 1. The molecule has 0 saturated carbocycles. The average Bonchev–Trinajstić information content (AvgIpc) is 2.38. The van der Waals surface area contributed by atoms with Gasteiger partial charge in [-0.15, -0.1) is 0 Å². The van der Waals surface area contributed by atoms with Gasteiger partial charge in [0.05, 0.1) is 18.4 Å². The van der Waals surface area contributed by atoms with Gasteiger partial charge in [-0.3, -0.25) is 0 Å². The summed E-state index contributed by atoms with van der Waals surface area (Å²) in [5.74, 6) is 0.606. The number of rotatable bonds is 2. The number of hydrogen-bond acceptors (Lipinski definition) is 3. The summed E-state index contributed by atoms with van der Waals surface area (Å²) in [6.45, 7) is 1.60. The third kappa shape index (κ3) is 1.20. The molecule has 0 aliphatic rings. The lowest BCUT2D eigenvalue weighted by molar-refractivity contribution is 0.188. The van der Waals surface area contributed by atoms with Crippen molar-refractivity contribution in [3.8, 4) is 0 Å². The maximum Gasteiger partial charge on any atom is 0.125 e. The Morgan fingerprint density at radius 1 is 1.80 bits per heavy atom. The predicted molar refractivity (Wildman–Crippen MR) is 37.3 cm³/mol. The SMILES string of the molecule is C[C@](N)(CO)c1ccco1. The van der Waals surface area contributed by atoms with Crippen molar-refractivity contribution < 1.29 is 9.52 Å². The van der Waals surface area contributed by atoms with Gasteiger partial charge in [-0.1, -0.05) is 0 Å². The van der Waals surface area contributed by atoms with Crippen LogP contribution in [0.5, 0.6) is 0 Å². The Balaban J connectivity index is 2.85. The molecule has 1 atom stereocenters. The van der Waals surface area contributed by atoms with Crippen LogP contribution in [0.1, 0.15) is 12.7 Å². The van der Waals surface area contributed by atoms with Gasteiger partial charge in [-0.05, 0) is 19.1 Å². The Kier molecular flexibility index (Phi) is 1.78. The lowest BCUT2D eigenvalue weighted by Crippen LogP contribution is -2.36. The molecule has 0 aromatic carbocycles. The molecule has 0 aliphatic carbocycles. The van der Waals surface area contributed by atoms with Gasteiger partial charge in [0, 0.05) is 0 Å². The Hall–Kier alpha value is -0.800. The average molecular weight is 141 g/mol. The van der Waals surface area contributed by atoms with Crippen LogP contribution in [0.3, 0.4) is 0 Å². The monoisotopic (exact) mass is 141 g/mol. The zero-order chi connectivity index (χ0) is 7.61. The van der Waals surface area contributed by atoms with Crippen LogP contribution in [0.2, 0.25) is 0 Å². The van der Waals surface area contributed by atoms with Gasteiger partial charge >= 0.3 is 0 Å². The van der Waals surface area contributed by atoms with E-state index in [0.717, 1.165) is 0 Å². The highest BCUT2D eigenvalue weighted by atomic mass is 16.3. The third-order valence-corrected chi connectivity index (χ3v) is 1.41. The molecule has 1 rings (SSSR count). The number of nitrogens with two attached hydrogens (primary N) is 1. The molecule has 1 aromatic rings. The van der Waals surface area contributed by atoms with Crippen molar-refractivity contribution in [3.05, 3.63) is 24.2 Å². The molecule has 1 heterocycles. The van der Waals surface area contributed by atoms with Gasteiger partial charge in [-0.25, -0.2) is 0 Å². The Morgan fingerprint density at radius 2 is 2.50 bits per heavy atom. The maximum atomic E-state index is 8.78. The molecule has 10 heavy (non-hydrogen) atoms. The van der Waals surface area contributed by atoms with Gasteiger partial charge in [0.25, 0.3) is 0 Å². The van der Waals surface area contributed by atoms with Gasteiger partial charge < -0.3 is 15.3 Å². The molecule has 0 radical (unpaired) electrons. The minimum absolute atomic E-state index is 0.111. The summed E-state index contributed by atoms with van der Waals surface area (Å²) in [6.07, 6.45) is 1.54. The summed E-state index contributed by atoms with van der Waals surface area (Å²) in [5, 5.41) is 8.78. The van der Waals surface area contributed by atoms with E-state index in [1.54, 1.807) is 19.1 Å². The van der Waals surface area contributed by atoms with E-state index >= 15 is 0 Å². The highest BCUT2D eigenvalue weighted by Crippen LogP contribution is 2.16. The Bertz CT molecular complexity index is 191. The van der Waals surface area contributed by atoms with E-state index in [1.807, 2.05) is 0 Å². The van der Waals surface area contributed by atoms with E-state index in [1.165, 1.54) is 6.26 Å². The summed E-state index contributed by atoms with van der Waals surface area (Å²) < 4.78 is 5.00. The summed E-state index contributed by atoms with van der Waals surface area (Å²) in [6, 6.07) is 3.49. The Labute approximate surface area is 59.5 Å². The minimum Gasteiger partial charge on any atom is -0.467 e. The fourth-order valence-corrected chi connectivity index (χ4v) is 0.681. The standard InChI is InChI=1S/C7H11NO2/c1-7(8,5-9)6-3-2-4-10-6/h2-4,9H,5,8H2,1H3/t7-/m0/s1. The topological polar surface area (TPSA) is 59.4 Å². The van der Waals surface area contributed by atoms with E-state index < -0.39 is 5.54 Å². The molecule has 56 valence electrons. The van der Waals surface area contributed by atoms with Crippen molar-refractivity contribution in [2.75, 3.05) is 6.61 Å². The molecule has 3 N–H and O–H groups in total. The lowest BCUT2D eigenvalue weighted by Gasteiger charge is -2.17. The van der Waals surface area contributed by atoms with Crippen LogP contribution in [0.25, 0.3) is 0 Å². The molecule has 3 heteroatoms. The second kappa shape index (κ2) is 2.44. The summed E-state index contributed by atoms with van der Waals surface area (Å²) >= 11 is 0. The molecular weight excluding hydrogens is 130 g/mol. The van der Waals surface area contributed by atoms with Crippen LogP contribution < -0.4 is 5.73 Å². The zero-order valence-electron chi connectivity index (χ0n) is 5.87.